The lowest BCUT2D eigenvalue weighted by molar-refractivity contribution is -0.287. The molecular weight excluding hydrogens is 628 g/mol. The molecule has 3 aliphatic heterocycles. The number of amides is 1. The molecule has 3 heterocycles. The van der Waals surface area contributed by atoms with Gasteiger partial charge in [0, 0.05) is 21.2 Å². The Morgan fingerprint density at radius 3 is 2.54 bits per heavy atom. The molecule has 1 amide bonds. The number of allylic oxidation sites excluding steroid dienone is 2. The van der Waals surface area contributed by atoms with Crippen molar-refractivity contribution in [3.05, 3.63) is 73.5 Å². The maximum absolute atomic E-state index is 13.8. The normalized spacial score (nSPS) is 34.8. The number of hydrogen-bond donors (Lipinski definition) is 4. The van der Waals surface area contributed by atoms with Gasteiger partial charge in [0.05, 0.1) is 23.2 Å². The number of aliphatic hydroxyl groups excluding tert-OH is 1. The number of carbonyl (C=O) groups excluding carboxylic acids is 2. The number of carbonyl (C=O) groups is 2. The van der Waals surface area contributed by atoms with Gasteiger partial charge in [0.25, 0.3) is 0 Å². The molecule has 2 fully saturated rings. The highest BCUT2D eigenvalue weighted by molar-refractivity contribution is 9.13. The molecule has 3 aliphatic rings. The molecule has 11 heteroatoms. The molecule has 37 heavy (non-hydrogen) atoms. The summed E-state index contributed by atoms with van der Waals surface area (Å²) in [4.78, 5) is 27.6. The van der Waals surface area contributed by atoms with Gasteiger partial charge in [-0.25, -0.2) is 0 Å². The fourth-order valence-electron chi connectivity index (χ4n) is 5.45. The van der Waals surface area contributed by atoms with Crippen LogP contribution in [0.2, 0.25) is 0 Å². The lowest BCUT2D eigenvalue weighted by atomic mass is 9.75. The quantitative estimate of drug-likeness (QED) is 0.344. The summed E-state index contributed by atoms with van der Waals surface area (Å²) in [5.41, 5.74) is 5.74. The van der Waals surface area contributed by atoms with E-state index in [1.807, 2.05) is 13.0 Å². The molecule has 0 spiro atoms. The number of rotatable bonds is 6. The van der Waals surface area contributed by atoms with Crippen LogP contribution >= 0.6 is 43.6 Å². The first kappa shape index (κ1) is 27.0. The second kappa shape index (κ2) is 10.2. The van der Waals surface area contributed by atoms with Crippen molar-refractivity contribution in [1.29, 1.82) is 0 Å². The molecule has 2 aromatic rings. The van der Waals surface area contributed by atoms with Crippen LogP contribution in [0.15, 0.2) is 62.4 Å². The van der Waals surface area contributed by atoms with Crippen molar-refractivity contribution in [3.8, 4) is 0 Å². The number of anilines is 1. The van der Waals surface area contributed by atoms with E-state index in [1.54, 1.807) is 42.5 Å². The van der Waals surface area contributed by atoms with Gasteiger partial charge in [-0.1, -0.05) is 24.3 Å². The highest BCUT2D eigenvalue weighted by Crippen LogP contribution is 2.61. The van der Waals surface area contributed by atoms with Gasteiger partial charge in [-0.15, -0.1) is 11.8 Å². The summed E-state index contributed by atoms with van der Waals surface area (Å²) >= 11 is 8.29. The van der Waals surface area contributed by atoms with E-state index in [0.717, 1.165) is 19.4 Å². The Morgan fingerprint density at radius 1 is 1.22 bits per heavy atom. The van der Waals surface area contributed by atoms with E-state index in [0.29, 0.717) is 30.5 Å². The van der Waals surface area contributed by atoms with E-state index in [2.05, 4.69) is 37.2 Å². The maximum atomic E-state index is 13.8. The van der Waals surface area contributed by atoms with Gasteiger partial charge < -0.3 is 30.7 Å². The molecule has 2 saturated heterocycles. The number of thioether (sulfide) groups is 1. The van der Waals surface area contributed by atoms with Crippen LogP contribution in [0.3, 0.4) is 0 Å². The summed E-state index contributed by atoms with van der Waals surface area (Å²) in [7, 11) is 0. The Bertz CT molecular complexity index is 1260. The standard InChI is InChI=1S/C26H26Br2N2O6S/c1-13-2-9-19(37-13)26(34)25(12-31)21(24(33)36-26)20(22(35-25)15-5-8-17(27)18(28)10-15)23(32)30-16-6-3-14(11-29)4-7-16/h2-8,10,12,19-22,24,33-34H,9,11,29H2,1H3,(H,30,32)/t19?,20-,21-,22-,24?,25?,26?/m0/s1. The van der Waals surface area contributed by atoms with Gasteiger partial charge in [0.2, 0.25) is 11.7 Å². The summed E-state index contributed by atoms with van der Waals surface area (Å²) < 4.78 is 13.6. The number of hydrogen-bond acceptors (Lipinski definition) is 8. The highest BCUT2D eigenvalue weighted by Gasteiger charge is 2.77. The molecule has 5 rings (SSSR count). The number of nitrogens with one attached hydrogen (secondary N) is 1. The minimum atomic E-state index is -2.15. The number of aldehydes is 1. The summed E-state index contributed by atoms with van der Waals surface area (Å²) in [5, 5.41) is 25.3. The van der Waals surface area contributed by atoms with Crippen LogP contribution in [0.5, 0.6) is 0 Å². The fourth-order valence-corrected chi connectivity index (χ4v) is 7.32. The molecule has 0 aromatic heterocycles. The van der Waals surface area contributed by atoms with Crippen LogP contribution in [0.25, 0.3) is 0 Å². The Labute approximate surface area is 235 Å². The molecule has 5 N–H and O–H groups in total. The number of nitrogens with two attached hydrogens (primary N) is 1. The van der Waals surface area contributed by atoms with Crippen LogP contribution in [0.1, 0.15) is 30.6 Å². The molecule has 4 unspecified atom stereocenters. The van der Waals surface area contributed by atoms with Gasteiger partial charge >= 0.3 is 0 Å². The molecule has 0 bridgehead atoms. The molecule has 0 radical (unpaired) electrons. The van der Waals surface area contributed by atoms with E-state index < -0.39 is 46.8 Å². The summed E-state index contributed by atoms with van der Waals surface area (Å²) in [6.07, 6.45) is 0.281. The van der Waals surface area contributed by atoms with Crippen molar-refractivity contribution in [2.24, 2.45) is 17.6 Å². The lowest BCUT2D eigenvalue weighted by Gasteiger charge is -2.39. The topological polar surface area (TPSA) is 131 Å². The number of benzene rings is 2. The van der Waals surface area contributed by atoms with Crippen molar-refractivity contribution < 1.29 is 29.3 Å². The van der Waals surface area contributed by atoms with Gasteiger partial charge in [-0.3, -0.25) is 9.59 Å². The second-order valence-electron chi connectivity index (χ2n) is 9.43. The highest BCUT2D eigenvalue weighted by atomic mass is 79.9. The van der Waals surface area contributed by atoms with Crippen LogP contribution in [-0.4, -0.2) is 45.3 Å². The first-order valence-electron chi connectivity index (χ1n) is 11.7. The van der Waals surface area contributed by atoms with Crippen LogP contribution in [0, 0.1) is 11.8 Å². The molecule has 8 nitrogen and oxygen atoms in total. The predicted octanol–water partition coefficient (Wildman–Crippen LogP) is 4.00. The van der Waals surface area contributed by atoms with Crippen molar-refractivity contribution in [3.63, 3.8) is 0 Å². The maximum Gasteiger partial charge on any atom is 0.231 e. The van der Waals surface area contributed by atoms with Crippen molar-refractivity contribution in [2.75, 3.05) is 5.32 Å². The molecule has 196 valence electrons. The Balaban J connectivity index is 1.57. The van der Waals surface area contributed by atoms with Crippen molar-refractivity contribution in [1.82, 2.24) is 0 Å². The van der Waals surface area contributed by atoms with Crippen LogP contribution in [-0.2, 0) is 25.6 Å². The number of halogens is 2. The van der Waals surface area contributed by atoms with Gasteiger partial charge in [0.15, 0.2) is 18.2 Å². The molecular formula is C26H26Br2N2O6S. The first-order valence-corrected chi connectivity index (χ1v) is 14.2. The lowest BCUT2D eigenvalue weighted by Crippen LogP contribution is -2.60. The van der Waals surface area contributed by atoms with E-state index in [9.17, 15) is 19.8 Å². The van der Waals surface area contributed by atoms with E-state index in [4.69, 9.17) is 15.2 Å². The number of ether oxygens (including phenoxy) is 2. The Kier molecular flexibility index (Phi) is 7.44. The molecule has 7 atom stereocenters. The average molecular weight is 654 g/mol. The third-order valence-electron chi connectivity index (χ3n) is 7.29. The monoisotopic (exact) mass is 652 g/mol. The van der Waals surface area contributed by atoms with Crippen molar-refractivity contribution >= 4 is 61.5 Å². The molecule has 2 aromatic carbocycles. The second-order valence-corrected chi connectivity index (χ2v) is 12.6. The largest absolute Gasteiger partial charge is 0.367 e. The van der Waals surface area contributed by atoms with Crippen LogP contribution in [0.4, 0.5) is 5.69 Å². The summed E-state index contributed by atoms with van der Waals surface area (Å²) in [5.74, 6) is -4.84. The zero-order chi connectivity index (χ0) is 26.5. The fraction of sp³-hybridized carbons (Fsp3) is 0.385. The third-order valence-corrected chi connectivity index (χ3v) is 10.5. The average Bonchev–Trinajstić information content (AvgIpc) is 3.54. The third kappa shape index (κ3) is 4.43. The Hall–Kier alpha value is -1.57. The first-order chi connectivity index (χ1) is 17.6. The summed E-state index contributed by atoms with van der Waals surface area (Å²) in [6.45, 7) is 2.26. The summed E-state index contributed by atoms with van der Waals surface area (Å²) in [6, 6.07) is 12.4. The number of fused-ring (bicyclic) bond motifs is 1. The number of aliphatic hydroxyl groups is 2. The molecule has 0 aliphatic carbocycles. The van der Waals surface area contributed by atoms with Gasteiger partial charge in [0.1, 0.15) is 0 Å². The van der Waals surface area contributed by atoms with E-state index >= 15 is 0 Å². The van der Waals surface area contributed by atoms with E-state index in [-0.39, 0.29) is 0 Å². The minimum absolute atomic E-state index is 0.366. The van der Waals surface area contributed by atoms with E-state index in [1.165, 1.54) is 11.8 Å². The van der Waals surface area contributed by atoms with Crippen LogP contribution < -0.4 is 11.1 Å². The molecule has 0 saturated carbocycles. The SMILES string of the molecule is CC1=CCC(C2(O)OC(O)[C@@H]3[C@H](C(=O)Nc4ccc(CN)cc4)[C@H](c4ccc(Br)c(Br)c4)OC32C=O)S1. The smallest absolute Gasteiger partial charge is 0.231 e. The van der Waals surface area contributed by atoms with Gasteiger partial charge in [-0.05, 0) is 85.5 Å². The zero-order valence-corrected chi connectivity index (χ0v) is 23.8. The van der Waals surface area contributed by atoms with Crippen molar-refractivity contribution in [2.45, 2.75) is 48.9 Å². The Morgan fingerprint density at radius 2 is 1.95 bits per heavy atom. The van der Waals surface area contributed by atoms with Gasteiger partial charge in [-0.2, -0.15) is 0 Å². The predicted molar refractivity (Wildman–Crippen MR) is 146 cm³/mol. The minimum Gasteiger partial charge on any atom is -0.367 e. The zero-order valence-electron chi connectivity index (χ0n) is 19.8.